The minimum Gasteiger partial charge on any atom is -0.459 e. The van der Waals surface area contributed by atoms with E-state index in [1.165, 1.54) is 12.8 Å². The van der Waals surface area contributed by atoms with Crippen molar-refractivity contribution in [1.82, 2.24) is 10.2 Å². The van der Waals surface area contributed by atoms with E-state index in [1.54, 1.807) is 18.4 Å². The molecule has 17 heavy (non-hydrogen) atoms. The number of rotatable bonds is 1. The number of hydrogen-bond acceptors (Lipinski definition) is 3. The van der Waals surface area contributed by atoms with Gasteiger partial charge in [-0.15, -0.1) is 0 Å². The van der Waals surface area contributed by atoms with Crippen LogP contribution in [-0.2, 0) is 0 Å². The second-order valence-electron chi connectivity index (χ2n) is 5.23. The summed E-state index contributed by atoms with van der Waals surface area (Å²) in [5, 5.41) is 3.45. The van der Waals surface area contributed by atoms with Gasteiger partial charge in [0, 0.05) is 25.0 Å². The van der Waals surface area contributed by atoms with Crippen molar-refractivity contribution in [3.63, 3.8) is 0 Å². The number of nitrogens with zero attached hydrogens (tertiary/aromatic N) is 1. The maximum atomic E-state index is 12.1. The van der Waals surface area contributed by atoms with Gasteiger partial charge in [0.2, 0.25) is 0 Å². The van der Waals surface area contributed by atoms with Gasteiger partial charge in [-0.25, -0.2) is 0 Å². The first-order valence-corrected chi connectivity index (χ1v) is 6.33. The predicted octanol–water partition coefficient (Wildman–Crippen LogP) is 1.50. The largest absolute Gasteiger partial charge is 0.459 e. The van der Waals surface area contributed by atoms with Gasteiger partial charge in [-0.2, -0.15) is 0 Å². The van der Waals surface area contributed by atoms with Crippen molar-refractivity contribution in [2.75, 3.05) is 26.2 Å². The molecule has 0 radical (unpaired) electrons. The number of carbonyl (C=O) groups is 1. The predicted molar refractivity (Wildman–Crippen MR) is 63.8 cm³/mol. The number of hydrogen-bond donors (Lipinski definition) is 1. The molecule has 4 nitrogen and oxygen atoms in total. The van der Waals surface area contributed by atoms with Crippen molar-refractivity contribution in [3.8, 4) is 0 Å². The maximum Gasteiger partial charge on any atom is 0.289 e. The molecule has 4 heteroatoms. The average molecular weight is 234 g/mol. The summed E-state index contributed by atoms with van der Waals surface area (Å²) in [5.74, 6) is 0.503. The molecule has 0 bridgehead atoms. The van der Waals surface area contributed by atoms with Crippen LogP contribution in [0.5, 0.6) is 0 Å². The Balaban J connectivity index is 1.69. The maximum absolute atomic E-state index is 12.1. The fourth-order valence-electron chi connectivity index (χ4n) is 3.04. The third kappa shape index (κ3) is 1.97. The molecule has 1 unspecified atom stereocenters. The van der Waals surface area contributed by atoms with E-state index >= 15 is 0 Å². The normalized spacial score (nSPS) is 28.8. The van der Waals surface area contributed by atoms with Crippen molar-refractivity contribution < 1.29 is 9.21 Å². The number of nitrogens with one attached hydrogen (secondary N) is 1. The minimum atomic E-state index is 0.0393. The molecule has 92 valence electrons. The first-order valence-electron chi connectivity index (χ1n) is 6.33. The number of piperidine rings is 1. The molecule has 1 amide bonds. The van der Waals surface area contributed by atoms with Crippen molar-refractivity contribution in [1.29, 1.82) is 0 Å². The zero-order valence-corrected chi connectivity index (χ0v) is 9.95. The van der Waals surface area contributed by atoms with E-state index < -0.39 is 0 Å². The molecule has 3 heterocycles. The highest BCUT2D eigenvalue weighted by Gasteiger charge is 2.41. The SMILES string of the molecule is O=C(c1ccco1)N1CCC2(CCCNC2)C1. The van der Waals surface area contributed by atoms with E-state index in [1.807, 2.05) is 4.90 Å². The highest BCUT2D eigenvalue weighted by molar-refractivity contribution is 5.91. The van der Waals surface area contributed by atoms with Crippen molar-refractivity contribution >= 4 is 5.91 Å². The lowest BCUT2D eigenvalue weighted by atomic mass is 9.80. The van der Waals surface area contributed by atoms with Gasteiger partial charge in [0.05, 0.1) is 6.26 Å². The Hall–Kier alpha value is -1.29. The zero-order chi connectivity index (χ0) is 11.7. The average Bonchev–Trinajstić information content (AvgIpc) is 2.99. The molecule has 0 aromatic carbocycles. The van der Waals surface area contributed by atoms with Gasteiger partial charge in [-0.05, 0) is 37.9 Å². The molecule has 2 aliphatic heterocycles. The number of amides is 1. The smallest absolute Gasteiger partial charge is 0.289 e. The summed E-state index contributed by atoms with van der Waals surface area (Å²) in [4.78, 5) is 14.1. The lowest BCUT2D eigenvalue weighted by Crippen LogP contribution is -2.42. The van der Waals surface area contributed by atoms with Crippen LogP contribution in [0.25, 0.3) is 0 Å². The summed E-state index contributed by atoms with van der Waals surface area (Å²) in [5.41, 5.74) is 0.320. The van der Waals surface area contributed by atoms with Gasteiger partial charge in [0.1, 0.15) is 0 Å². The third-order valence-corrected chi connectivity index (χ3v) is 4.02. The summed E-state index contributed by atoms with van der Waals surface area (Å²) in [7, 11) is 0. The molecule has 3 rings (SSSR count). The van der Waals surface area contributed by atoms with Gasteiger partial charge < -0.3 is 14.6 Å². The number of furan rings is 1. The highest BCUT2D eigenvalue weighted by atomic mass is 16.3. The van der Waals surface area contributed by atoms with Crippen LogP contribution in [0.15, 0.2) is 22.8 Å². The molecule has 2 fully saturated rings. The van der Waals surface area contributed by atoms with Crippen LogP contribution in [0.2, 0.25) is 0 Å². The van der Waals surface area contributed by atoms with Crippen LogP contribution in [0.3, 0.4) is 0 Å². The Morgan fingerprint density at radius 1 is 1.47 bits per heavy atom. The van der Waals surface area contributed by atoms with Gasteiger partial charge in [-0.3, -0.25) is 4.79 Å². The standard InChI is InChI=1S/C13H18N2O2/c16-12(11-3-1-8-17-11)15-7-5-13(10-15)4-2-6-14-9-13/h1,3,8,14H,2,4-7,9-10H2. The lowest BCUT2D eigenvalue weighted by Gasteiger charge is -2.33. The van der Waals surface area contributed by atoms with E-state index in [9.17, 15) is 4.79 Å². The molecular weight excluding hydrogens is 216 g/mol. The molecule has 0 saturated carbocycles. The Morgan fingerprint density at radius 2 is 2.41 bits per heavy atom. The van der Waals surface area contributed by atoms with Crippen LogP contribution in [0, 0.1) is 5.41 Å². The summed E-state index contributed by atoms with van der Waals surface area (Å²) in [6.07, 6.45) is 5.14. The van der Waals surface area contributed by atoms with E-state index in [0.717, 1.165) is 32.6 Å². The van der Waals surface area contributed by atoms with E-state index in [4.69, 9.17) is 4.42 Å². The molecule has 1 aromatic heterocycles. The fraction of sp³-hybridized carbons (Fsp3) is 0.615. The third-order valence-electron chi connectivity index (χ3n) is 4.02. The summed E-state index contributed by atoms with van der Waals surface area (Å²) in [6, 6.07) is 3.51. The molecule has 0 aliphatic carbocycles. The van der Waals surface area contributed by atoms with Crippen LogP contribution >= 0.6 is 0 Å². The van der Waals surface area contributed by atoms with Crippen LogP contribution in [0.1, 0.15) is 29.8 Å². The Bertz CT molecular complexity index is 394. The summed E-state index contributed by atoms with van der Waals surface area (Å²) < 4.78 is 5.18. The Morgan fingerprint density at radius 3 is 3.12 bits per heavy atom. The Kier molecular flexibility index (Phi) is 2.67. The van der Waals surface area contributed by atoms with Crippen LogP contribution < -0.4 is 5.32 Å². The first-order chi connectivity index (χ1) is 8.29. The topological polar surface area (TPSA) is 45.5 Å². The van der Waals surface area contributed by atoms with Gasteiger partial charge in [-0.1, -0.05) is 0 Å². The van der Waals surface area contributed by atoms with Gasteiger partial charge in [0.15, 0.2) is 5.76 Å². The fourth-order valence-corrected chi connectivity index (χ4v) is 3.04. The quantitative estimate of drug-likeness (QED) is 0.801. The molecule has 1 N–H and O–H groups in total. The zero-order valence-electron chi connectivity index (χ0n) is 9.95. The first kappa shape index (κ1) is 10.8. The van der Waals surface area contributed by atoms with Crippen molar-refractivity contribution in [2.24, 2.45) is 5.41 Å². The molecule has 1 spiro atoms. The molecule has 1 atom stereocenters. The highest BCUT2D eigenvalue weighted by Crippen LogP contribution is 2.36. The Labute approximate surface area is 101 Å². The van der Waals surface area contributed by atoms with Crippen LogP contribution in [-0.4, -0.2) is 37.0 Å². The second-order valence-corrected chi connectivity index (χ2v) is 5.23. The molecular formula is C13H18N2O2. The number of likely N-dealkylation sites (tertiary alicyclic amines) is 1. The summed E-state index contributed by atoms with van der Waals surface area (Å²) >= 11 is 0. The molecule has 2 aliphatic rings. The molecule has 1 aromatic rings. The van der Waals surface area contributed by atoms with Crippen LogP contribution in [0.4, 0.5) is 0 Å². The second kappa shape index (κ2) is 4.18. The lowest BCUT2D eigenvalue weighted by molar-refractivity contribution is 0.0733. The van der Waals surface area contributed by atoms with Crippen molar-refractivity contribution in [2.45, 2.75) is 19.3 Å². The van der Waals surface area contributed by atoms with Gasteiger partial charge >= 0.3 is 0 Å². The molecule has 2 saturated heterocycles. The van der Waals surface area contributed by atoms with E-state index in [2.05, 4.69) is 5.32 Å². The summed E-state index contributed by atoms with van der Waals surface area (Å²) in [6.45, 7) is 3.91. The minimum absolute atomic E-state index is 0.0393. The van der Waals surface area contributed by atoms with Crippen molar-refractivity contribution in [3.05, 3.63) is 24.2 Å². The monoisotopic (exact) mass is 234 g/mol. The van der Waals surface area contributed by atoms with E-state index in [0.29, 0.717) is 11.2 Å². The number of carbonyl (C=O) groups excluding carboxylic acids is 1. The van der Waals surface area contributed by atoms with Gasteiger partial charge in [0.25, 0.3) is 5.91 Å². The van der Waals surface area contributed by atoms with E-state index in [-0.39, 0.29) is 5.91 Å².